The zero-order valence-corrected chi connectivity index (χ0v) is 17.2. The minimum Gasteiger partial charge on any atom is -0.380 e. The van der Waals surface area contributed by atoms with Crippen molar-refractivity contribution in [3.8, 4) is 0 Å². The number of benzene rings is 2. The summed E-state index contributed by atoms with van der Waals surface area (Å²) >= 11 is 0. The van der Waals surface area contributed by atoms with Crippen LogP contribution in [0.25, 0.3) is 0 Å². The molecule has 2 aromatic carbocycles. The second-order valence-electron chi connectivity index (χ2n) is 7.56. The summed E-state index contributed by atoms with van der Waals surface area (Å²) in [5, 5.41) is 7.55. The highest BCUT2D eigenvalue weighted by molar-refractivity contribution is 5.79. The number of hydrogen-bond donors (Lipinski definition) is 1. The SMILES string of the molecule is COCc1ccccc1CNC(=O)[C@H]1CCO[C@@H]1c1cnn(Cc2ccccc2)c1. The van der Waals surface area contributed by atoms with E-state index in [0.29, 0.717) is 32.7 Å². The molecule has 2 heterocycles. The lowest BCUT2D eigenvalue weighted by Gasteiger charge is -2.18. The van der Waals surface area contributed by atoms with Crippen molar-refractivity contribution in [2.24, 2.45) is 5.92 Å². The smallest absolute Gasteiger partial charge is 0.226 e. The van der Waals surface area contributed by atoms with Gasteiger partial charge in [0, 0.05) is 32.0 Å². The minimum absolute atomic E-state index is 0.0144. The Balaban J connectivity index is 1.39. The quantitative estimate of drug-likeness (QED) is 0.623. The second-order valence-corrected chi connectivity index (χ2v) is 7.56. The minimum atomic E-state index is -0.260. The van der Waals surface area contributed by atoms with Crippen molar-refractivity contribution in [3.05, 3.63) is 89.2 Å². The van der Waals surface area contributed by atoms with E-state index in [4.69, 9.17) is 9.47 Å². The van der Waals surface area contributed by atoms with Gasteiger partial charge in [-0.05, 0) is 23.1 Å². The van der Waals surface area contributed by atoms with Gasteiger partial charge >= 0.3 is 0 Å². The maximum Gasteiger partial charge on any atom is 0.226 e. The van der Waals surface area contributed by atoms with Crippen LogP contribution in [0.1, 0.15) is 34.8 Å². The molecule has 6 heteroatoms. The summed E-state index contributed by atoms with van der Waals surface area (Å²) in [5.74, 6) is -0.200. The standard InChI is InChI=1S/C24H27N3O3/c1-29-17-20-10-6-5-9-19(20)13-25-24(28)22-11-12-30-23(22)21-14-26-27(16-21)15-18-7-3-2-4-8-18/h2-10,14,16,22-23H,11-13,15,17H2,1H3,(H,25,28)/t22-,23+/m0/s1. The van der Waals surface area contributed by atoms with Crippen LogP contribution in [-0.4, -0.2) is 29.4 Å². The molecule has 1 aromatic heterocycles. The molecule has 3 aromatic rings. The summed E-state index contributed by atoms with van der Waals surface area (Å²) < 4.78 is 13.1. The number of ether oxygens (including phenoxy) is 2. The highest BCUT2D eigenvalue weighted by Gasteiger charge is 2.35. The van der Waals surface area contributed by atoms with Crippen LogP contribution in [0.15, 0.2) is 67.0 Å². The van der Waals surface area contributed by atoms with E-state index >= 15 is 0 Å². The second kappa shape index (κ2) is 9.69. The van der Waals surface area contributed by atoms with Crippen LogP contribution in [0.3, 0.4) is 0 Å². The third-order valence-corrected chi connectivity index (χ3v) is 5.47. The molecule has 1 aliphatic rings. The number of nitrogens with one attached hydrogen (secondary N) is 1. The molecule has 1 N–H and O–H groups in total. The van der Waals surface area contributed by atoms with Crippen LogP contribution in [0, 0.1) is 5.92 Å². The van der Waals surface area contributed by atoms with Gasteiger partial charge in [0.2, 0.25) is 5.91 Å². The van der Waals surface area contributed by atoms with E-state index in [0.717, 1.165) is 16.7 Å². The zero-order valence-electron chi connectivity index (χ0n) is 17.2. The van der Waals surface area contributed by atoms with Crippen molar-refractivity contribution in [2.45, 2.75) is 32.2 Å². The van der Waals surface area contributed by atoms with Crippen LogP contribution in [0.5, 0.6) is 0 Å². The highest BCUT2D eigenvalue weighted by atomic mass is 16.5. The van der Waals surface area contributed by atoms with Crippen molar-refractivity contribution < 1.29 is 14.3 Å². The van der Waals surface area contributed by atoms with Gasteiger partial charge in [0.05, 0.1) is 31.4 Å². The van der Waals surface area contributed by atoms with Crippen molar-refractivity contribution in [3.63, 3.8) is 0 Å². The van der Waals surface area contributed by atoms with Crippen LogP contribution in [-0.2, 0) is 34.0 Å². The monoisotopic (exact) mass is 405 g/mol. The Morgan fingerprint density at radius 2 is 1.93 bits per heavy atom. The summed E-state index contributed by atoms with van der Waals surface area (Å²) in [6.07, 6.45) is 4.24. The molecule has 0 aliphatic carbocycles. The fraction of sp³-hybridized carbons (Fsp3) is 0.333. The number of aromatic nitrogens is 2. The molecule has 2 atom stereocenters. The fourth-order valence-electron chi connectivity index (χ4n) is 3.91. The summed E-state index contributed by atoms with van der Waals surface area (Å²) in [4.78, 5) is 12.9. The third-order valence-electron chi connectivity index (χ3n) is 5.47. The molecule has 1 aliphatic heterocycles. The van der Waals surface area contributed by atoms with Gasteiger partial charge in [0.25, 0.3) is 0 Å². The van der Waals surface area contributed by atoms with E-state index in [1.807, 2.05) is 59.5 Å². The molecule has 0 saturated carbocycles. The zero-order chi connectivity index (χ0) is 20.8. The molecule has 1 saturated heterocycles. The van der Waals surface area contributed by atoms with Gasteiger partial charge in [0.15, 0.2) is 0 Å². The Hall–Kier alpha value is -2.96. The van der Waals surface area contributed by atoms with E-state index in [1.165, 1.54) is 5.56 Å². The number of hydrogen-bond acceptors (Lipinski definition) is 4. The summed E-state index contributed by atoms with van der Waals surface area (Å²) in [6.45, 7) is 2.28. The first kappa shape index (κ1) is 20.3. The average molecular weight is 405 g/mol. The van der Waals surface area contributed by atoms with Crippen LogP contribution in [0.4, 0.5) is 0 Å². The molecule has 1 amide bonds. The molecule has 0 radical (unpaired) electrons. The molecule has 0 bridgehead atoms. The van der Waals surface area contributed by atoms with E-state index in [9.17, 15) is 4.79 Å². The lowest BCUT2D eigenvalue weighted by molar-refractivity contribution is -0.126. The molecule has 6 nitrogen and oxygen atoms in total. The predicted octanol–water partition coefficient (Wildman–Crippen LogP) is 3.47. The molecule has 0 unspecified atom stereocenters. The van der Waals surface area contributed by atoms with Gasteiger partial charge in [-0.2, -0.15) is 5.10 Å². The molecule has 1 fully saturated rings. The molecule has 4 rings (SSSR count). The Labute approximate surface area is 176 Å². The lowest BCUT2D eigenvalue weighted by Crippen LogP contribution is -2.32. The maximum atomic E-state index is 12.9. The van der Waals surface area contributed by atoms with Crippen molar-refractivity contribution in [1.82, 2.24) is 15.1 Å². The first-order chi connectivity index (χ1) is 14.7. The van der Waals surface area contributed by atoms with Crippen LogP contribution < -0.4 is 5.32 Å². The van der Waals surface area contributed by atoms with E-state index in [1.54, 1.807) is 7.11 Å². The van der Waals surface area contributed by atoms with E-state index in [-0.39, 0.29) is 17.9 Å². The van der Waals surface area contributed by atoms with E-state index in [2.05, 4.69) is 22.5 Å². The maximum absolute atomic E-state index is 12.9. The van der Waals surface area contributed by atoms with Gasteiger partial charge in [-0.1, -0.05) is 54.6 Å². The third kappa shape index (κ3) is 4.78. The lowest BCUT2D eigenvalue weighted by atomic mass is 9.96. The molecular formula is C24H27N3O3. The molecular weight excluding hydrogens is 378 g/mol. The van der Waals surface area contributed by atoms with Crippen LogP contribution in [0.2, 0.25) is 0 Å². The summed E-state index contributed by atoms with van der Waals surface area (Å²) in [5.41, 5.74) is 4.28. The number of rotatable bonds is 8. The van der Waals surface area contributed by atoms with Gasteiger partial charge < -0.3 is 14.8 Å². The average Bonchev–Trinajstić information content (AvgIpc) is 3.43. The number of carbonyl (C=O) groups excluding carboxylic acids is 1. The predicted molar refractivity (Wildman–Crippen MR) is 114 cm³/mol. The highest BCUT2D eigenvalue weighted by Crippen LogP contribution is 2.34. The number of amides is 1. The number of methoxy groups -OCH3 is 1. The van der Waals surface area contributed by atoms with Crippen molar-refractivity contribution in [1.29, 1.82) is 0 Å². The van der Waals surface area contributed by atoms with Crippen LogP contribution >= 0.6 is 0 Å². The van der Waals surface area contributed by atoms with Crippen molar-refractivity contribution in [2.75, 3.05) is 13.7 Å². The van der Waals surface area contributed by atoms with Gasteiger partial charge in [0.1, 0.15) is 0 Å². The fourth-order valence-corrected chi connectivity index (χ4v) is 3.91. The van der Waals surface area contributed by atoms with Gasteiger partial charge in [-0.15, -0.1) is 0 Å². The Morgan fingerprint density at radius 1 is 1.17 bits per heavy atom. The topological polar surface area (TPSA) is 65.4 Å². The Bertz CT molecular complexity index is 971. The normalized spacial score (nSPS) is 18.4. The van der Waals surface area contributed by atoms with Crippen molar-refractivity contribution >= 4 is 5.91 Å². The number of carbonyl (C=O) groups is 1. The first-order valence-corrected chi connectivity index (χ1v) is 10.3. The first-order valence-electron chi connectivity index (χ1n) is 10.3. The molecule has 0 spiro atoms. The molecule has 30 heavy (non-hydrogen) atoms. The Morgan fingerprint density at radius 3 is 2.73 bits per heavy atom. The summed E-state index contributed by atoms with van der Waals surface area (Å²) in [7, 11) is 1.67. The van der Waals surface area contributed by atoms with E-state index < -0.39 is 0 Å². The van der Waals surface area contributed by atoms with Gasteiger partial charge in [-0.25, -0.2) is 0 Å². The molecule has 156 valence electrons. The Kier molecular flexibility index (Phi) is 6.57. The summed E-state index contributed by atoms with van der Waals surface area (Å²) in [6, 6.07) is 18.2. The number of nitrogens with zero attached hydrogens (tertiary/aromatic N) is 2. The largest absolute Gasteiger partial charge is 0.380 e. The van der Waals surface area contributed by atoms with Gasteiger partial charge in [-0.3, -0.25) is 9.48 Å².